The van der Waals surface area contributed by atoms with E-state index >= 15 is 0 Å². The first-order valence-electron chi connectivity index (χ1n) is 15.5. The highest BCUT2D eigenvalue weighted by molar-refractivity contribution is 5.83. The van der Waals surface area contributed by atoms with Gasteiger partial charge in [0, 0.05) is 5.92 Å². The molecule has 0 heteroatoms. The van der Waals surface area contributed by atoms with Crippen LogP contribution in [0.3, 0.4) is 0 Å². The van der Waals surface area contributed by atoms with Crippen LogP contribution in [0, 0.1) is 0 Å². The predicted octanol–water partition coefficient (Wildman–Crippen LogP) is 11.1. The first-order chi connectivity index (χ1) is 20.1. The van der Waals surface area contributed by atoms with Crippen LogP contribution in [0.15, 0.2) is 132 Å². The average Bonchev–Trinajstić information content (AvgIpc) is 3.60. The third kappa shape index (κ3) is 5.60. The molecule has 0 amide bonds. The summed E-state index contributed by atoms with van der Waals surface area (Å²) >= 11 is 0. The van der Waals surface area contributed by atoms with E-state index in [0.29, 0.717) is 0 Å². The Hall–Kier alpha value is -3.90. The molecule has 0 spiro atoms. The number of fused-ring (bicyclic) bond motifs is 3. The van der Waals surface area contributed by atoms with E-state index in [9.17, 15) is 0 Å². The average molecular weight is 549 g/mol. The molecule has 6 rings (SSSR count). The molecule has 0 aromatic heterocycles. The molecule has 42 heavy (non-hydrogen) atoms. The number of hydrogen-bond donors (Lipinski definition) is 0. The van der Waals surface area contributed by atoms with Crippen molar-refractivity contribution in [1.82, 2.24) is 0 Å². The summed E-state index contributed by atoms with van der Waals surface area (Å²) in [5, 5.41) is 0. The van der Waals surface area contributed by atoms with E-state index < -0.39 is 0 Å². The van der Waals surface area contributed by atoms with Crippen LogP contribution >= 0.6 is 0 Å². The Balaban J connectivity index is 1.62. The molecular formula is C42H44. The van der Waals surface area contributed by atoms with Gasteiger partial charge in [-0.3, -0.25) is 0 Å². The Bertz CT molecular complexity index is 1570. The fraction of sp³-hybridized carbons (Fsp3) is 0.286. The molecule has 0 N–H and O–H groups in total. The summed E-state index contributed by atoms with van der Waals surface area (Å²) in [6, 6.07) is 36.7. The van der Waals surface area contributed by atoms with E-state index in [1.54, 1.807) is 0 Å². The molecule has 4 aromatic carbocycles. The maximum atomic E-state index is 2.49. The maximum absolute atomic E-state index is 2.49. The van der Waals surface area contributed by atoms with Crippen LogP contribution in [0.25, 0.3) is 11.1 Å². The normalized spacial score (nSPS) is 14.5. The van der Waals surface area contributed by atoms with Crippen molar-refractivity contribution in [3.63, 3.8) is 0 Å². The molecule has 0 saturated heterocycles. The minimum atomic E-state index is 0.0945. The first-order valence-corrected chi connectivity index (χ1v) is 15.5. The van der Waals surface area contributed by atoms with Crippen LogP contribution in [-0.2, 0) is 23.7 Å². The largest absolute Gasteiger partial charge is 0.0801 e. The van der Waals surface area contributed by atoms with E-state index in [-0.39, 0.29) is 16.7 Å². The molecule has 0 saturated carbocycles. The lowest BCUT2D eigenvalue weighted by atomic mass is 9.77. The van der Waals surface area contributed by atoms with Crippen LogP contribution in [0.1, 0.15) is 87.3 Å². The summed E-state index contributed by atoms with van der Waals surface area (Å²) < 4.78 is 0. The van der Waals surface area contributed by atoms with E-state index in [2.05, 4.69) is 157 Å². The fourth-order valence-electron chi connectivity index (χ4n) is 6.70. The Kier molecular flexibility index (Phi) is 7.44. The lowest BCUT2D eigenvalue weighted by molar-refractivity contribution is 0.589. The monoisotopic (exact) mass is 548 g/mol. The molecule has 0 nitrogen and oxygen atoms in total. The van der Waals surface area contributed by atoms with E-state index in [0.717, 1.165) is 19.3 Å². The van der Waals surface area contributed by atoms with Gasteiger partial charge in [-0.15, -0.1) is 0 Å². The third-order valence-electron chi connectivity index (χ3n) is 9.06. The fourth-order valence-corrected chi connectivity index (χ4v) is 6.70. The summed E-state index contributed by atoms with van der Waals surface area (Å²) in [4.78, 5) is 0. The minimum absolute atomic E-state index is 0.0945. The zero-order chi connectivity index (χ0) is 29.5. The summed E-state index contributed by atoms with van der Waals surface area (Å²) in [5.74, 6) is 0.214. The smallest absolute Gasteiger partial charge is 0.0354 e. The van der Waals surface area contributed by atoms with Crippen molar-refractivity contribution in [2.75, 3.05) is 0 Å². The van der Waals surface area contributed by atoms with Gasteiger partial charge in [0.25, 0.3) is 0 Å². The molecule has 0 radical (unpaired) electrons. The second kappa shape index (κ2) is 11.1. The third-order valence-corrected chi connectivity index (χ3v) is 9.06. The quantitative estimate of drug-likeness (QED) is 0.225. The Morgan fingerprint density at radius 3 is 1.50 bits per heavy atom. The molecule has 0 atom stereocenters. The lowest BCUT2D eigenvalue weighted by Gasteiger charge is -2.26. The molecule has 2 aliphatic rings. The topological polar surface area (TPSA) is 0 Å². The van der Waals surface area contributed by atoms with Crippen molar-refractivity contribution in [2.24, 2.45) is 0 Å². The van der Waals surface area contributed by atoms with Crippen LogP contribution in [-0.4, -0.2) is 0 Å². The van der Waals surface area contributed by atoms with Crippen LogP contribution in [0.4, 0.5) is 0 Å². The van der Waals surface area contributed by atoms with Crippen molar-refractivity contribution in [1.29, 1.82) is 0 Å². The molecule has 212 valence electrons. The summed E-state index contributed by atoms with van der Waals surface area (Å²) in [7, 11) is 0. The highest BCUT2D eigenvalue weighted by Gasteiger charge is 2.36. The van der Waals surface area contributed by atoms with Crippen LogP contribution < -0.4 is 0 Å². The van der Waals surface area contributed by atoms with Crippen molar-refractivity contribution in [3.05, 3.63) is 165 Å². The van der Waals surface area contributed by atoms with Gasteiger partial charge in [0.05, 0.1) is 0 Å². The highest BCUT2D eigenvalue weighted by Crippen LogP contribution is 2.53. The summed E-state index contributed by atoms with van der Waals surface area (Å²) in [5.41, 5.74) is 15.9. The maximum Gasteiger partial charge on any atom is 0.0354 e. The molecule has 0 fully saturated rings. The Morgan fingerprint density at radius 1 is 0.619 bits per heavy atom. The van der Waals surface area contributed by atoms with Crippen molar-refractivity contribution >= 4 is 0 Å². The second-order valence-corrected chi connectivity index (χ2v) is 14.2. The van der Waals surface area contributed by atoms with Gasteiger partial charge in [-0.25, -0.2) is 0 Å². The predicted molar refractivity (Wildman–Crippen MR) is 180 cm³/mol. The Morgan fingerprint density at radius 2 is 1.10 bits per heavy atom. The highest BCUT2D eigenvalue weighted by atomic mass is 14.4. The SMILES string of the molecule is CC(C)(C)c1ccc2c(c1)-c1cc(C(C)(C)C)ccc1C2C(C1=CC=CC1)=C(Cc1ccccc1)Cc1ccccc1. The van der Waals surface area contributed by atoms with Gasteiger partial charge in [-0.05, 0) is 85.7 Å². The number of benzene rings is 4. The number of rotatable bonds is 6. The first kappa shape index (κ1) is 28.2. The molecule has 0 aliphatic heterocycles. The minimum Gasteiger partial charge on any atom is -0.0801 e. The van der Waals surface area contributed by atoms with Crippen LogP contribution in [0.5, 0.6) is 0 Å². The number of hydrogen-bond acceptors (Lipinski definition) is 0. The lowest BCUT2D eigenvalue weighted by Crippen LogP contribution is -2.13. The van der Waals surface area contributed by atoms with Gasteiger partial charge >= 0.3 is 0 Å². The van der Waals surface area contributed by atoms with Gasteiger partial charge in [0.2, 0.25) is 0 Å². The standard InChI is InChI=1S/C42H44/c1-41(2,3)33-21-23-35-37(27-33)38-28-34(42(4,5)6)22-24-36(38)40(35)39(31-19-13-14-20-31)32(25-29-15-9-7-10-16-29)26-30-17-11-8-12-18-30/h7-19,21-24,27-28,40H,20,25-26H2,1-6H3. The van der Waals surface area contributed by atoms with Gasteiger partial charge in [-0.2, -0.15) is 0 Å². The van der Waals surface area contributed by atoms with Crippen LogP contribution in [0.2, 0.25) is 0 Å². The molecule has 0 bridgehead atoms. The van der Waals surface area contributed by atoms with E-state index in [1.807, 2.05) is 0 Å². The van der Waals surface area contributed by atoms with Crippen molar-refractivity contribution in [2.45, 2.75) is 77.6 Å². The molecular weight excluding hydrogens is 504 g/mol. The van der Waals surface area contributed by atoms with Crippen molar-refractivity contribution < 1.29 is 0 Å². The van der Waals surface area contributed by atoms with Gasteiger partial charge in [0.1, 0.15) is 0 Å². The zero-order valence-electron chi connectivity index (χ0n) is 26.2. The van der Waals surface area contributed by atoms with Crippen molar-refractivity contribution in [3.8, 4) is 11.1 Å². The van der Waals surface area contributed by atoms with E-state index in [4.69, 9.17) is 0 Å². The second-order valence-electron chi connectivity index (χ2n) is 14.2. The summed E-state index contributed by atoms with van der Waals surface area (Å²) in [6.45, 7) is 14.0. The van der Waals surface area contributed by atoms with Gasteiger partial charge in [0.15, 0.2) is 0 Å². The summed E-state index contributed by atoms with van der Waals surface area (Å²) in [6.07, 6.45) is 9.83. The molecule has 0 heterocycles. The molecule has 2 aliphatic carbocycles. The molecule has 0 unspecified atom stereocenters. The zero-order valence-corrected chi connectivity index (χ0v) is 26.2. The molecule has 4 aromatic rings. The van der Waals surface area contributed by atoms with E-state index in [1.165, 1.54) is 61.2 Å². The van der Waals surface area contributed by atoms with Gasteiger partial charge < -0.3 is 0 Å². The number of allylic oxidation sites excluding steroid dienone is 6. The van der Waals surface area contributed by atoms with Gasteiger partial charge in [-0.1, -0.05) is 162 Å². The Labute approximate surface area is 253 Å².